The van der Waals surface area contributed by atoms with Crippen LogP contribution >= 0.6 is 11.6 Å². The maximum Gasteiger partial charge on any atom is 0.396 e. The van der Waals surface area contributed by atoms with E-state index in [1.807, 2.05) is 0 Å². The molecule has 0 fully saturated rings. The van der Waals surface area contributed by atoms with Gasteiger partial charge in [0.15, 0.2) is 6.10 Å². The largest absolute Gasteiger partial charge is 0.479 e. The number of rotatable bonds is 8. The summed E-state index contributed by atoms with van der Waals surface area (Å²) < 4.78 is 52.5. The zero-order chi connectivity index (χ0) is 28.7. The summed E-state index contributed by atoms with van der Waals surface area (Å²) in [6.45, 7) is 5.28. The summed E-state index contributed by atoms with van der Waals surface area (Å²) in [5.41, 5.74) is 0.939. The summed E-state index contributed by atoms with van der Waals surface area (Å²) in [6.07, 6.45) is -5.25. The number of carbonyl (C=O) groups is 1. The van der Waals surface area contributed by atoms with Crippen molar-refractivity contribution < 1.29 is 32.2 Å². The van der Waals surface area contributed by atoms with E-state index in [4.69, 9.17) is 20.8 Å². The van der Waals surface area contributed by atoms with Gasteiger partial charge in [-0.05, 0) is 56.7 Å². The number of halogens is 4. The molecule has 0 spiro atoms. The minimum Gasteiger partial charge on any atom is -0.479 e. The number of fused-ring (bicyclic) bond motifs is 1. The van der Waals surface area contributed by atoms with E-state index in [1.54, 1.807) is 68.9 Å². The van der Waals surface area contributed by atoms with Gasteiger partial charge in [0.05, 0.1) is 12.1 Å². The summed E-state index contributed by atoms with van der Waals surface area (Å²) >= 11 is 6.11. The number of carboxylic acid groups (broad SMARTS) is 1. The Hall–Kier alpha value is -3.50. The Morgan fingerprint density at radius 3 is 2.31 bits per heavy atom. The van der Waals surface area contributed by atoms with Crippen molar-refractivity contribution in [2.45, 2.75) is 58.0 Å². The Morgan fingerprint density at radius 1 is 1.08 bits per heavy atom. The predicted molar refractivity (Wildman–Crippen MR) is 141 cm³/mol. The topological polar surface area (TPSA) is 86.6 Å². The van der Waals surface area contributed by atoms with Gasteiger partial charge in [-0.1, -0.05) is 23.7 Å². The van der Waals surface area contributed by atoms with Crippen molar-refractivity contribution in [1.82, 2.24) is 9.13 Å². The molecule has 0 aliphatic rings. The van der Waals surface area contributed by atoms with E-state index in [1.165, 1.54) is 16.7 Å². The van der Waals surface area contributed by atoms with Gasteiger partial charge in [-0.2, -0.15) is 13.2 Å². The number of benzene rings is 1. The lowest BCUT2D eigenvalue weighted by Gasteiger charge is -2.26. The monoisotopic (exact) mass is 564 g/mol. The van der Waals surface area contributed by atoms with Gasteiger partial charge in [0, 0.05) is 41.3 Å². The molecule has 3 aromatic heterocycles. The molecule has 208 valence electrons. The van der Waals surface area contributed by atoms with E-state index in [9.17, 15) is 27.9 Å². The minimum atomic E-state index is -4.40. The quantitative estimate of drug-likeness (QED) is 0.275. The lowest BCUT2D eigenvalue weighted by Crippen LogP contribution is -2.36. The first kappa shape index (κ1) is 28.5. The molecule has 1 unspecified atom stereocenters. The van der Waals surface area contributed by atoms with E-state index in [0.29, 0.717) is 32.7 Å². The summed E-state index contributed by atoms with van der Waals surface area (Å²) in [6, 6.07) is 11.4. The highest BCUT2D eigenvalue weighted by Gasteiger charge is 2.31. The third-order valence-corrected chi connectivity index (χ3v) is 6.39. The molecule has 0 saturated carbocycles. The van der Waals surface area contributed by atoms with Crippen LogP contribution in [0, 0.1) is 0 Å². The molecule has 11 heteroatoms. The first-order chi connectivity index (χ1) is 18.1. The highest BCUT2D eigenvalue weighted by molar-refractivity contribution is 6.30. The van der Waals surface area contributed by atoms with Crippen LogP contribution in [-0.4, -0.2) is 38.1 Å². The molecule has 0 saturated heterocycles. The molecule has 0 aliphatic heterocycles. The molecule has 0 bridgehead atoms. The number of ether oxygens (including phenoxy) is 1. The van der Waals surface area contributed by atoms with Crippen LogP contribution in [0.3, 0.4) is 0 Å². The van der Waals surface area contributed by atoms with Crippen LogP contribution in [-0.2, 0) is 36.0 Å². The number of hydrogen-bond acceptors (Lipinski definition) is 4. The smallest absolute Gasteiger partial charge is 0.396 e. The van der Waals surface area contributed by atoms with Crippen molar-refractivity contribution >= 4 is 28.5 Å². The van der Waals surface area contributed by atoms with Crippen LogP contribution in [0.15, 0.2) is 57.9 Å². The second kappa shape index (κ2) is 10.6. The zero-order valence-corrected chi connectivity index (χ0v) is 22.6. The number of alkyl halides is 3. The molecule has 0 amide bonds. The lowest BCUT2D eigenvalue weighted by atomic mass is 9.96. The molecular formula is C28H28ClF3N2O5. The second-order valence-corrected chi connectivity index (χ2v) is 10.8. The normalized spacial score (nSPS) is 13.2. The SMILES string of the molecule is Cn1c(CC(OC(C)(C)C)C(=O)O)c(-c2ccc(Cl)cc2)c2ccn(Cc3ccc(CC(F)(F)F)o3)c2c1=O. The van der Waals surface area contributed by atoms with Crippen molar-refractivity contribution in [1.29, 1.82) is 0 Å². The number of aliphatic carboxylic acids is 1. The molecule has 39 heavy (non-hydrogen) atoms. The fourth-order valence-corrected chi connectivity index (χ4v) is 4.70. The van der Waals surface area contributed by atoms with Gasteiger partial charge in [-0.15, -0.1) is 0 Å². The van der Waals surface area contributed by atoms with Crippen LogP contribution < -0.4 is 5.56 Å². The van der Waals surface area contributed by atoms with Crippen LogP contribution in [0.2, 0.25) is 5.02 Å². The fourth-order valence-electron chi connectivity index (χ4n) is 4.58. The van der Waals surface area contributed by atoms with Gasteiger partial charge >= 0.3 is 12.1 Å². The number of carboxylic acids is 1. The maximum absolute atomic E-state index is 13.6. The third-order valence-electron chi connectivity index (χ3n) is 6.13. The summed E-state index contributed by atoms with van der Waals surface area (Å²) in [5.74, 6) is -1.12. The van der Waals surface area contributed by atoms with Crippen molar-refractivity contribution in [2.24, 2.45) is 7.05 Å². The zero-order valence-electron chi connectivity index (χ0n) is 21.8. The standard InChI is InChI=1S/C28H28ClF3N2O5/c1-27(2,3)39-22(26(36)37)13-21-23(16-5-7-17(29)8-6-16)20-11-12-34(24(20)25(35)33(21)4)15-19-10-9-18(38-19)14-28(30,31)32/h5-12,22H,13-15H2,1-4H3,(H,36,37). The van der Waals surface area contributed by atoms with Crippen LogP contribution in [0.4, 0.5) is 13.2 Å². The average molecular weight is 565 g/mol. The van der Waals surface area contributed by atoms with E-state index in [2.05, 4.69) is 0 Å². The maximum atomic E-state index is 13.6. The van der Waals surface area contributed by atoms with Crippen molar-refractivity contribution in [3.05, 3.63) is 81.3 Å². The van der Waals surface area contributed by atoms with E-state index < -0.39 is 35.8 Å². The first-order valence-corrected chi connectivity index (χ1v) is 12.5. The Balaban J connectivity index is 1.86. The molecular weight excluding hydrogens is 537 g/mol. The van der Waals surface area contributed by atoms with Gasteiger partial charge in [-0.3, -0.25) is 4.79 Å². The van der Waals surface area contributed by atoms with Gasteiger partial charge in [-0.25, -0.2) is 4.79 Å². The summed E-state index contributed by atoms with van der Waals surface area (Å²) in [7, 11) is 1.55. The molecule has 1 aromatic carbocycles. The fraction of sp³-hybridized carbons (Fsp3) is 0.357. The molecule has 4 rings (SSSR count). The van der Waals surface area contributed by atoms with Gasteiger partial charge < -0.3 is 23.4 Å². The number of nitrogens with zero attached hydrogens (tertiary/aromatic N) is 2. The number of pyridine rings is 1. The Bertz CT molecular complexity index is 1560. The van der Waals surface area contributed by atoms with Crippen molar-refractivity contribution in [3.8, 4) is 11.1 Å². The molecule has 0 aliphatic carbocycles. The minimum absolute atomic E-state index is 0.0287. The number of furan rings is 1. The summed E-state index contributed by atoms with van der Waals surface area (Å²) in [5, 5.41) is 11.0. The summed E-state index contributed by atoms with van der Waals surface area (Å²) in [4.78, 5) is 25.8. The van der Waals surface area contributed by atoms with E-state index in [-0.39, 0.29) is 24.5 Å². The molecule has 3 heterocycles. The molecule has 1 N–H and O–H groups in total. The second-order valence-electron chi connectivity index (χ2n) is 10.3. The van der Waals surface area contributed by atoms with E-state index in [0.717, 1.165) is 0 Å². The molecule has 0 radical (unpaired) electrons. The van der Waals surface area contributed by atoms with E-state index >= 15 is 0 Å². The molecule has 7 nitrogen and oxygen atoms in total. The van der Waals surface area contributed by atoms with Crippen LogP contribution in [0.1, 0.15) is 38.0 Å². The van der Waals surface area contributed by atoms with Gasteiger partial charge in [0.1, 0.15) is 23.5 Å². The highest BCUT2D eigenvalue weighted by Crippen LogP contribution is 2.34. The van der Waals surface area contributed by atoms with Crippen LogP contribution in [0.5, 0.6) is 0 Å². The van der Waals surface area contributed by atoms with Gasteiger partial charge in [0.2, 0.25) is 0 Å². The first-order valence-electron chi connectivity index (χ1n) is 12.1. The number of aromatic nitrogens is 2. The average Bonchev–Trinajstić information content (AvgIpc) is 3.42. The lowest BCUT2D eigenvalue weighted by molar-refractivity contribution is -0.159. The Labute approximate surface area is 227 Å². The highest BCUT2D eigenvalue weighted by atomic mass is 35.5. The predicted octanol–water partition coefficient (Wildman–Crippen LogP) is 6.22. The number of hydrogen-bond donors (Lipinski definition) is 1. The third kappa shape index (κ3) is 6.57. The van der Waals surface area contributed by atoms with Crippen molar-refractivity contribution in [2.75, 3.05) is 0 Å². The Kier molecular flexibility index (Phi) is 7.73. The van der Waals surface area contributed by atoms with Gasteiger partial charge in [0.25, 0.3) is 5.56 Å². The Morgan fingerprint density at radius 2 is 1.72 bits per heavy atom. The van der Waals surface area contributed by atoms with Crippen molar-refractivity contribution in [3.63, 3.8) is 0 Å². The molecule has 1 atom stereocenters. The van der Waals surface area contributed by atoms with Crippen LogP contribution in [0.25, 0.3) is 22.0 Å². The molecule has 4 aromatic rings.